The molecule has 204 valence electrons. The summed E-state index contributed by atoms with van der Waals surface area (Å²) in [5.74, 6) is 0.264. The van der Waals surface area contributed by atoms with Crippen molar-refractivity contribution >= 4 is 29.1 Å². The molecule has 10 nitrogen and oxygen atoms in total. The van der Waals surface area contributed by atoms with Gasteiger partial charge in [0.25, 0.3) is 11.4 Å². The van der Waals surface area contributed by atoms with E-state index in [1.54, 1.807) is 26.0 Å². The minimum Gasteiger partial charge on any atom is -0.497 e. The van der Waals surface area contributed by atoms with Crippen molar-refractivity contribution in [2.45, 2.75) is 42.8 Å². The topological polar surface area (TPSA) is 131 Å². The van der Waals surface area contributed by atoms with Crippen molar-refractivity contribution in [1.82, 2.24) is 0 Å². The van der Waals surface area contributed by atoms with E-state index in [4.69, 9.17) is 14.2 Å². The third-order valence-corrected chi connectivity index (χ3v) is 7.68. The zero-order valence-electron chi connectivity index (χ0n) is 21.7. The lowest BCUT2D eigenvalue weighted by Gasteiger charge is -2.33. The maximum atomic E-state index is 12.9. The number of carbonyl (C=O) groups is 1. The van der Waals surface area contributed by atoms with Gasteiger partial charge in [0.2, 0.25) is 0 Å². The number of nitrogens with zero attached hydrogens (tertiary/aromatic N) is 2. The summed E-state index contributed by atoms with van der Waals surface area (Å²) in [6.07, 6.45) is 6.26. The van der Waals surface area contributed by atoms with E-state index in [2.05, 4.69) is 13.0 Å². The van der Waals surface area contributed by atoms with E-state index in [9.17, 15) is 25.0 Å². The van der Waals surface area contributed by atoms with Crippen LogP contribution in [0, 0.1) is 32.1 Å². The van der Waals surface area contributed by atoms with Gasteiger partial charge < -0.3 is 14.2 Å². The number of nitro groups is 2. The lowest BCUT2D eigenvalue weighted by molar-refractivity contribution is -0.394. The Labute approximate surface area is 225 Å². The molecule has 2 aromatic carbocycles. The summed E-state index contributed by atoms with van der Waals surface area (Å²) in [5.41, 5.74) is -0.0130. The Morgan fingerprint density at radius 3 is 2.29 bits per heavy atom. The number of hydrogen-bond acceptors (Lipinski definition) is 9. The molecule has 38 heavy (non-hydrogen) atoms. The number of nitro benzene ring substituents is 2. The number of thioether (sulfide) groups is 1. The highest BCUT2D eigenvalue weighted by atomic mass is 32.2. The summed E-state index contributed by atoms with van der Waals surface area (Å²) < 4.78 is 16.2. The van der Waals surface area contributed by atoms with Crippen molar-refractivity contribution in [3.8, 4) is 5.75 Å². The first-order valence-corrected chi connectivity index (χ1v) is 13.2. The van der Waals surface area contributed by atoms with E-state index in [-0.39, 0.29) is 29.3 Å². The molecule has 1 aliphatic carbocycles. The van der Waals surface area contributed by atoms with Crippen LogP contribution in [0.25, 0.3) is 0 Å². The molecule has 0 radical (unpaired) electrons. The third-order valence-electron chi connectivity index (χ3n) is 6.37. The van der Waals surface area contributed by atoms with E-state index in [1.165, 1.54) is 5.57 Å². The molecule has 0 heterocycles. The minimum absolute atomic E-state index is 0.0344. The molecule has 1 saturated carbocycles. The van der Waals surface area contributed by atoms with Crippen LogP contribution in [0.1, 0.15) is 43.0 Å². The Morgan fingerprint density at radius 1 is 1.05 bits per heavy atom. The number of carbonyl (C=O) groups excluding carboxylic acids is 1. The standard InChI is InChI=1S/C27H32N2O8S/c1-18(16-35-2)12-19-6-4-5-7-25(19)26(38-24-10-8-23(36-3)9-11-24)17-37-27(30)20-13-21(28(31)32)15-22(14-20)29(33)34/h8-15,18,25-26H,4-7,16-17H2,1-3H3/b19-12+/t18-,25+,26-/m0/s1. The van der Waals surface area contributed by atoms with Crippen molar-refractivity contribution < 1.29 is 28.9 Å². The number of benzene rings is 2. The predicted molar refractivity (Wildman–Crippen MR) is 144 cm³/mol. The van der Waals surface area contributed by atoms with Gasteiger partial charge in [-0.2, -0.15) is 0 Å². The van der Waals surface area contributed by atoms with Crippen LogP contribution in [0.2, 0.25) is 0 Å². The van der Waals surface area contributed by atoms with Gasteiger partial charge in [-0.1, -0.05) is 25.0 Å². The molecule has 2 aromatic rings. The summed E-state index contributed by atoms with van der Waals surface area (Å²) >= 11 is 1.59. The Hall–Kier alpha value is -3.44. The van der Waals surface area contributed by atoms with Gasteiger partial charge in [0.15, 0.2) is 0 Å². The number of methoxy groups -OCH3 is 2. The lowest BCUT2D eigenvalue weighted by Crippen LogP contribution is -2.28. The summed E-state index contributed by atoms with van der Waals surface area (Å²) in [5, 5.41) is 22.4. The van der Waals surface area contributed by atoms with Crippen LogP contribution in [-0.4, -0.2) is 48.5 Å². The Bertz CT molecular complexity index is 1140. The molecule has 1 aliphatic rings. The molecule has 11 heteroatoms. The fourth-order valence-electron chi connectivity index (χ4n) is 4.60. The van der Waals surface area contributed by atoms with E-state index in [0.717, 1.165) is 54.5 Å². The van der Waals surface area contributed by atoms with Crippen LogP contribution in [-0.2, 0) is 9.47 Å². The third kappa shape index (κ3) is 8.03. The molecule has 1 fully saturated rings. The van der Waals surface area contributed by atoms with Crippen molar-refractivity contribution in [2.75, 3.05) is 27.4 Å². The van der Waals surface area contributed by atoms with Gasteiger partial charge in [0.1, 0.15) is 12.4 Å². The SMILES string of the molecule is COC[C@@H](C)/C=C1\CCCC[C@H]1[C@H](COC(=O)c1cc([N+](=O)[O-])cc([N+](=O)[O-])c1)Sc1ccc(OC)cc1. The van der Waals surface area contributed by atoms with Crippen LogP contribution >= 0.6 is 11.8 Å². The van der Waals surface area contributed by atoms with Crippen LogP contribution in [0.15, 0.2) is 59.0 Å². The molecule has 0 amide bonds. The summed E-state index contributed by atoms with van der Waals surface area (Å²) in [4.78, 5) is 34.9. The molecule has 0 unspecified atom stereocenters. The van der Waals surface area contributed by atoms with Gasteiger partial charge in [0, 0.05) is 24.1 Å². The minimum atomic E-state index is -0.841. The number of hydrogen-bond donors (Lipinski definition) is 0. The van der Waals surface area contributed by atoms with E-state index < -0.39 is 27.2 Å². The quantitative estimate of drug-likeness (QED) is 0.100. The van der Waals surface area contributed by atoms with E-state index >= 15 is 0 Å². The molecule has 0 saturated heterocycles. The first-order chi connectivity index (χ1) is 18.2. The molecule has 3 rings (SSSR count). The molecular weight excluding hydrogens is 512 g/mol. The Balaban J connectivity index is 1.87. The van der Waals surface area contributed by atoms with Gasteiger partial charge >= 0.3 is 5.97 Å². The van der Waals surface area contributed by atoms with Gasteiger partial charge in [0.05, 0.1) is 40.4 Å². The molecular formula is C27H32N2O8S. The average Bonchev–Trinajstić information content (AvgIpc) is 2.91. The highest BCUT2D eigenvalue weighted by molar-refractivity contribution is 8.00. The fraction of sp³-hybridized carbons (Fsp3) is 0.444. The Morgan fingerprint density at radius 2 is 1.71 bits per heavy atom. The highest BCUT2D eigenvalue weighted by Crippen LogP contribution is 2.40. The van der Waals surface area contributed by atoms with Gasteiger partial charge in [-0.15, -0.1) is 11.8 Å². The van der Waals surface area contributed by atoms with E-state index in [1.807, 2.05) is 24.3 Å². The number of allylic oxidation sites excluding steroid dienone is 1. The molecule has 0 bridgehead atoms. The van der Waals surface area contributed by atoms with Gasteiger partial charge in [-0.25, -0.2) is 4.79 Å². The lowest BCUT2D eigenvalue weighted by atomic mass is 9.80. The number of ether oxygens (including phenoxy) is 3. The van der Waals surface area contributed by atoms with Crippen molar-refractivity contribution in [1.29, 1.82) is 0 Å². The second kappa shape index (κ2) is 13.9. The highest BCUT2D eigenvalue weighted by Gasteiger charge is 2.30. The largest absolute Gasteiger partial charge is 0.497 e. The monoisotopic (exact) mass is 544 g/mol. The summed E-state index contributed by atoms with van der Waals surface area (Å²) in [6, 6.07) is 10.4. The molecule has 0 spiro atoms. The first-order valence-electron chi connectivity index (χ1n) is 12.3. The zero-order chi connectivity index (χ0) is 27.7. The zero-order valence-corrected chi connectivity index (χ0v) is 22.5. The van der Waals surface area contributed by atoms with Crippen LogP contribution in [0.3, 0.4) is 0 Å². The smallest absolute Gasteiger partial charge is 0.338 e. The molecule has 0 N–H and O–H groups in total. The maximum Gasteiger partial charge on any atom is 0.338 e. The van der Waals surface area contributed by atoms with E-state index in [0.29, 0.717) is 6.61 Å². The second-order valence-electron chi connectivity index (χ2n) is 9.21. The van der Waals surface area contributed by atoms with Crippen molar-refractivity contribution in [3.05, 3.63) is 79.9 Å². The average molecular weight is 545 g/mol. The van der Waals surface area contributed by atoms with Crippen LogP contribution in [0.4, 0.5) is 11.4 Å². The normalized spacial score (nSPS) is 18.0. The van der Waals surface area contributed by atoms with Crippen LogP contribution in [0.5, 0.6) is 5.75 Å². The van der Waals surface area contributed by atoms with Crippen LogP contribution < -0.4 is 4.74 Å². The predicted octanol–water partition coefficient (Wildman–Crippen LogP) is 6.23. The number of non-ortho nitro benzene ring substituents is 2. The summed E-state index contributed by atoms with van der Waals surface area (Å²) in [6.45, 7) is 2.74. The molecule has 0 aliphatic heterocycles. The Kier molecular flexibility index (Phi) is 10.7. The van der Waals surface area contributed by atoms with Crippen molar-refractivity contribution in [3.63, 3.8) is 0 Å². The second-order valence-corrected chi connectivity index (χ2v) is 10.5. The van der Waals surface area contributed by atoms with Crippen molar-refractivity contribution in [2.24, 2.45) is 11.8 Å². The number of rotatable bonds is 12. The molecule has 0 aromatic heterocycles. The molecule has 3 atom stereocenters. The number of esters is 1. The maximum absolute atomic E-state index is 12.9. The van der Waals surface area contributed by atoms with Gasteiger partial charge in [-0.3, -0.25) is 20.2 Å². The first kappa shape index (κ1) is 29.1. The fourth-order valence-corrected chi connectivity index (χ4v) is 5.85. The summed E-state index contributed by atoms with van der Waals surface area (Å²) in [7, 11) is 3.27. The van der Waals surface area contributed by atoms with Gasteiger partial charge in [-0.05, 0) is 55.4 Å².